The molecule has 0 aliphatic carbocycles. The number of aromatic nitrogens is 1. The zero-order chi connectivity index (χ0) is 22.8. The smallest absolute Gasteiger partial charge is 0.340 e. The number of pyridine rings is 1. The zero-order valence-corrected chi connectivity index (χ0v) is 18.3. The maximum absolute atomic E-state index is 12.6. The first-order valence-electron chi connectivity index (χ1n) is 9.97. The highest BCUT2D eigenvalue weighted by Gasteiger charge is 2.24. The molecule has 0 saturated heterocycles. The van der Waals surface area contributed by atoms with E-state index >= 15 is 0 Å². The summed E-state index contributed by atoms with van der Waals surface area (Å²) in [6.45, 7) is 4.15. The van der Waals surface area contributed by atoms with Crippen molar-refractivity contribution in [3.05, 3.63) is 46.1 Å². The lowest BCUT2D eigenvalue weighted by Gasteiger charge is -2.17. The number of benzene rings is 1. The maximum Gasteiger partial charge on any atom is 0.340 e. The van der Waals surface area contributed by atoms with Crippen LogP contribution in [0, 0.1) is 18.3 Å². The molecule has 0 aliphatic heterocycles. The molecule has 1 heterocycles. The second-order valence-corrected chi connectivity index (χ2v) is 7.22. The Morgan fingerprint density at radius 3 is 2.55 bits per heavy atom. The van der Waals surface area contributed by atoms with Gasteiger partial charge < -0.3 is 10.1 Å². The van der Waals surface area contributed by atoms with E-state index in [0.29, 0.717) is 40.6 Å². The fraction of sp³-hybridized carbons (Fsp3) is 0.364. The number of amides is 1. The van der Waals surface area contributed by atoms with Crippen LogP contribution >= 0.6 is 11.6 Å². The lowest BCUT2D eigenvalue weighted by atomic mass is 9.94. The number of ether oxygens (including phenoxy) is 1. The van der Waals surface area contributed by atoms with Crippen molar-refractivity contribution in [1.82, 2.24) is 10.5 Å². The summed E-state index contributed by atoms with van der Waals surface area (Å²) in [4.78, 5) is 28.1. The van der Waals surface area contributed by atoms with Crippen molar-refractivity contribution in [2.75, 3.05) is 18.5 Å². The molecule has 3 N–H and O–H groups in total. The largest absolute Gasteiger partial charge is 0.462 e. The highest BCUT2D eigenvalue weighted by atomic mass is 35.5. The van der Waals surface area contributed by atoms with Gasteiger partial charge in [0, 0.05) is 23.6 Å². The topological polar surface area (TPSA) is 124 Å². The van der Waals surface area contributed by atoms with E-state index in [9.17, 15) is 14.9 Å². The van der Waals surface area contributed by atoms with Gasteiger partial charge in [-0.2, -0.15) is 5.26 Å². The van der Waals surface area contributed by atoms with Crippen LogP contribution in [0.15, 0.2) is 24.3 Å². The van der Waals surface area contributed by atoms with Gasteiger partial charge in [0.15, 0.2) is 0 Å². The van der Waals surface area contributed by atoms with Crippen LogP contribution in [-0.4, -0.2) is 35.2 Å². The van der Waals surface area contributed by atoms with E-state index in [1.165, 1.54) is 0 Å². The first-order valence-corrected chi connectivity index (χ1v) is 10.3. The molecule has 0 radical (unpaired) electrons. The van der Waals surface area contributed by atoms with Gasteiger partial charge in [-0.25, -0.2) is 15.3 Å². The lowest BCUT2D eigenvalue weighted by molar-refractivity contribution is -0.129. The molecule has 0 unspecified atom stereocenters. The molecule has 1 aromatic heterocycles. The van der Waals surface area contributed by atoms with Gasteiger partial charge in [-0.1, -0.05) is 30.2 Å². The minimum atomic E-state index is -0.539. The second kappa shape index (κ2) is 11.9. The molecule has 164 valence electrons. The van der Waals surface area contributed by atoms with Crippen LogP contribution in [0.5, 0.6) is 0 Å². The summed E-state index contributed by atoms with van der Waals surface area (Å²) < 4.78 is 5.20. The number of anilines is 1. The van der Waals surface area contributed by atoms with E-state index in [1.807, 2.05) is 0 Å². The first kappa shape index (κ1) is 24.1. The molecule has 0 fully saturated rings. The van der Waals surface area contributed by atoms with Crippen LogP contribution in [0.4, 0.5) is 5.82 Å². The lowest BCUT2D eigenvalue weighted by Crippen LogP contribution is -2.18. The summed E-state index contributed by atoms with van der Waals surface area (Å²) >= 11 is 6.01. The molecule has 0 aliphatic rings. The minimum absolute atomic E-state index is 0.203. The molecule has 1 aromatic carbocycles. The van der Waals surface area contributed by atoms with Gasteiger partial charge in [-0.15, -0.1) is 0 Å². The number of hydrogen-bond acceptors (Lipinski definition) is 7. The van der Waals surface area contributed by atoms with Crippen molar-refractivity contribution in [2.45, 2.75) is 39.5 Å². The average molecular weight is 445 g/mol. The standard InChI is InChI=1S/C22H25ClN4O4/c1-3-31-22(29)19-14(2)26-21(25-12-6-4-5-7-18(28)27-30)17(13-24)20(19)15-8-10-16(23)11-9-15/h8-11,30H,3-7,12H2,1-2H3,(H,25,26)(H,27,28). The molecule has 9 heteroatoms. The number of carbonyl (C=O) groups excluding carboxylic acids is 2. The predicted molar refractivity (Wildman–Crippen MR) is 117 cm³/mol. The van der Waals surface area contributed by atoms with E-state index < -0.39 is 11.9 Å². The number of aryl methyl sites for hydroxylation is 1. The molecule has 31 heavy (non-hydrogen) atoms. The van der Waals surface area contributed by atoms with Crippen molar-refractivity contribution in [2.24, 2.45) is 0 Å². The Morgan fingerprint density at radius 2 is 1.94 bits per heavy atom. The van der Waals surface area contributed by atoms with Crippen molar-refractivity contribution in [1.29, 1.82) is 5.26 Å². The Hall–Kier alpha value is -3.15. The average Bonchev–Trinajstić information content (AvgIpc) is 2.76. The van der Waals surface area contributed by atoms with Crippen LogP contribution in [-0.2, 0) is 9.53 Å². The van der Waals surface area contributed by atoms with Gasteiger partial charge >= 0.3 is 5.97 Å². The molecule has 1 amide bonds. The summed E-state index contributed by atoms with van der Waals surface area (Å²) in [7, 11) is 0. The summed E-state index contributed by atoms with van der Waals surface area (Å²) in [5, 5.41) is 22.1. The number of unbranched alkanes of at least 4 members (excludes halogenated alkanes) is 2. The number of esters is 1. The SMILES string of the molecule is CCOC(=O)c1c(C)nc(NCCCCCC(=O)NO)c(C#N)c1-c1ccc(Cl)cc1. The minimum Gasteiger partial charge on any atom is -0.462 e. The number of hydrogen-bond donors (Lipinski definition) is 3. The van der Waals surface area contributed by atoms with E-state index in [4.69, 9.17) is 21.5 Å². The van der Waals surface area contributed by atoms with Gasteiger partial charge in [0.05, 0.1) is 17.9 Å². The van der Waals surface area contributed by atoms with Crippen molar-refractivity contribution >= 4 is 29.3 Å². The number of carbonyl (C=O) groups is 2. The van der Waals surface area contributed by atoms with Crippen LogP contribution in [0.2, 0.25) is 5.02 Å². The van der Waals surface area contributed by atoms with Gasteiger partial charge in [0.25, 0.3) is 0 Å². The van der Waals surface area contributed by atoms with Gasteiger partial charge in [0.2, 0.25) is 5.91 Å². The fourth-order valence-corrected chi connectivity index (χ4v) is 3.27. The summed E-state index contributed by atoms with van der Waals surface area (Å²) in [6, 6.07) is 9.05. The Kier molecular flexibility index (Phi) is 9.25. The van der Waals surface area contributed by atoms with Gasteiger partial charge in [0.1, 0.15) is 17.5 Å². The number of hydroxylamine groups is 1. The number of nitrogens with one attached hydrogen (secondary N) is 2. The monoisotopic (exact) mass is 444 g/mol. The van der Waals surface area contributed by atoms with Crippen LogP contribution in [0.1, 0.15) is 54.2 Å². The molecule has 0 bridgehead atoms. The molecule has 8 nitrogen and oxygen atoms in total. The summed E-state index contributed by atoms with van der Waals surface area (Å²) in [5.41, 5.74) is 3.66. The third-order valence-corrected chi connectivity index (χ3v) is 4.85. The number of rotatable bonds is 10. The van der Waals surface area contributed by atoms with E-state index in [0.717, 1.165) is 12.8 Å². The van der Waals surface area contributed by atoms with E-state index in [-0.39, 0.29) is 24.2 Å². The number of nitriles is 1. The molecule has 0 atom stereocenters. The molecule has 2 rings (SSSR count). The van der Waals surface area contributed by atoms with Crippen LogP contribution in [0.25, 0.3) is 11.1 Å². The highest BCUT2D eigenvalue weighted by molar-refractivity contribution is 6.30. The second-order valence-electron chi connectivity index (χ2n) is 6.78. The molecular formula is C22H25ClN4O4. The molecule has 0 saturated carbocycles. The van der Waals surface area contributed by atoms with Gasteiger partial charge in [-0.05, 0) is 44.4 Å². The van der Waals surface area contributed by atoms with Gasteiger partial charge in [-0.3, -0.25) is 10.0 Å². The quantitative estimate of drug-likeness (QED) is 0.216. The summed E-state index contributed by atoms with van der Waals surface area (Å²) in [5.74, 6) is -0.576. The van der Waals surface area contributed by atoms with Crippen molar-refractivity contribution in [3.8, 4) is 17.2 Å². The van der Waals surface area contributed by atoms with E-state index in [2.05, 4.69) is 16.4 Å². The number of halogens is 1. The Labute approximate surface area is 186 Å². The third kappa shape index (κ3) is 6.41. The normalized spacial score (nSPS) is 10.3. The Morgan fingerprint density at radius 1 is 1.23 bits per heavy atom. The van der Waals surface area contributed by atoms with E-state index in [1.54, 1.807) is 43.6 Å². The predicted octanol–water partition coefficient (Wildman–Crippen LogP) is 4.24. The Bertz CT molecular complexity index is 971. The molecule has 0 spiro atoms. The Balaban J connectivity index is 2.34. The van der Waals surface area contributed by atoms with Crippen molar-refractivity contribution < 1.29 is 19.5 Å². The summed E-state index contributed by atoms with van der Waals surface area (Å²) in [6.07, 6.45) is 2.36. The highest BCUT2D eigenvalue weighted by Crippen LogP contribution is 2.34. The zero-order valence-electron chi connectivity index (χ0n) is 17.5. The van der Waals surface area contributed by atoms with Crippen molar-refractivity contribution in [3.63, 3.8) is 0 Å². The van der Waals surface area contributed by atoms with Crippen LogP contribution < -0.4 is 10.8 Å². The molecule has 2 aromatic rings. The third-order valence-electron chi connectivity index (χ3n) is 4.60. The number of nitrogens with zero attached hydrogens (tertiary/aromatic N) is 2. The fourth-order valence-electron chi connectivity index (χ4n) is 3.15. The van der Waals surface area contributed by atoms with Crippen LogP contribution in [0.3, 0.4) is 0 Å². The molecular weight excluding hydrogens is 420 g/mol. The maximum atomic E-state index is 12.6. The first-order chi connectivity index (χ1) is 14.9.